The third-order valence-electron chi connectivity index (χ3n) is 3.85. The standard InChI is InChI=1S/C15H17FN4O/c16-12-3-1-11(2-4-12)13-7-14(19-18-13)15(21)20-6-5-10(8-17)9-20/h1-4,7,10H,5-6,8-9,17H2,(H,18,19). The lowest BCUT2D eigenvalue weighted by molar-refractivity contribution is 0.0782. The van der Waals surface area contributed by atoms with Crippen LogP contribution < -0.4 is 5.73 Å². The second-order valence-corrected chi connectivity index (χ2v) is 5.32. The van der Waals surface area contributed by atoms with Crippen molar-refractivity contribution in [3.63, 3.8) is 0 Å². The van der Waals surface area contributed by atoms with Crippen LogP contribution in [0.3, 0.4) is 0 Å². The van der Waals surface area contributed by atoms with Crippen molar-refractivity contribution in [1.29, 1.82) is 0 Å². The average molecular weight is 288 g/mol. The summed E-state index contributed by atoms with van der Waals surface area (Å²) in [5.74, 6) is 0.0238. The van der Waals surface area contributed by atoms with Crippen LogP contribution in [0.15, 0.2) is 30.3 Å². The highest BCUT2D eigenvalue weighted by Gasteiger charge is 2.27. The van der Waals surface area contributed by atoms with Gasteiger partial charge >= 0.3 is 0 Å². The van der Waals surface area contributed by atoms with E-state index in [4.69, 9.17) is 5.73 Å². The second-order valence-electron chi connectivity index (χ2n) is 5.32. The van der Waals surface area contributed by atoms with Gasteiger partial charge in [-0.15, -0.1) is 0 Å². The predicted octanol–water partition coefficient (Wildman–Crippen LogP) is 1.64. The topological polar surface area (TPSA) is 75.0 Å². The molecule has 110 valence electrons. The number of nitrogens with zero attached hydrogens (tertiary/aromatic N) is 2. The largest absolute Gasteiger partial charge is 0.337 e. The molecule has 1 aromatic heterocycles. The molecule has 0 aliphatic carbocycles. The zero-order valence-corrected chi connectivity index (χ0v) is 11.6. The van der Waals surface area contributed by atoms with Crippen LogP contribution in [-0.2, 0) is 0 Å². The number of H-pyrrole nitrogens is 1. The van der Waals surface area contributed by atoms with Gasteiger partial charge in [0.2, 0.25) is 0 Å². The Hall–Kier alpha value is -2.21. The summed E-state index contributed by atoms with van der Waals surface area (Å²) in [6, 6.07) is 7.72. The van der Waals surface area contributed by atoms with Crippen molar-refractivity contribution in [3.8, 4) is 11.3 Å². The van der Waals surface area contributed by atoms with Gasteiger partial charge in [0.05, 0.1) is 5.69 Å². The maximum absolute atomic E-state index is 12.9. The van der Waals surface area contributed by atoms with Crippen molar-refractivity contribution < 1.29 is 9.18 Å². The molecule has 2 aromatic rings. The smallest absolute Gasteiger partial charge is 0.271 e. The van der Waals surface area contributed by atoms with Crippen molar-refractivity contribution in [2.24, 2.45) is 11.7 Å². The van der Waals surface area contributed by atoms with Crippen molar-refractivity contribution in [3.05, 3.63) is 41.8 Å². The molecular formula is C15H17FN4O. The number of likely N-dealkylation sites (tertiary alicyclic amines) is 1. The first-order chi connectivity index (χ1) is 10.2. The summed E-state index contributed by atoms with van der Waals surface area (Å²) >= 11 is 0. The Labute approximate surface area is 121 Å². The molecule has 1 unspecified atom stereocenters. The van der Waals surface area contributed by atoms with Gasteiger partial charge in [0.1, 0.15) is 11.5 Å². The normalized spacial score (nSPS) is 18.2. The van der Waals surface area contributed by atoms with E-state index in [-0.39, 0.29) is 11.7 Å². The third-order valence-corrected chi connectivity index (χ3v) is 3.85. The minimum Gasteiger partial charge on any atom is -0.337 e. The lowest BCUT2D eigenvalue weighted by Gasteiger charge is -2.14. The van der Waals surface area contributed by atoms with E-state index in [0.29, 0.717) is 30.4 Å². The molecule has 1 aliphatic rings. The third kappa shape index (κ3) is 2.80. The van der Waals surface area contributed by atoms with Crippen LogP contribution >= 0.6 is 0 Å². The molecule has 1 aromatic carbocycles. The van der Waals surface area contributed by atoms with Gasteiger partial charge in [-0.25, -0.2) is 4.39 Å². The Morgan fingerprint density at radius 1 is 1.43 bits per heavy atom. The number of aromatic amines is 1. The summed E-state index contributed by atoms with van der Waals surface area (Å²) in [6.07, 6.45) is 0.946. The number of halogens is 1. The van der Waals surface area contributed by atoms with Gasteiger partial charge in [0.15, 0.2) is 0 Å². The number of benzene rings is 1. The van der Waals surface area contributed by atoms with Gasteiger partial charge in [-0.05, 0) is 49.2 Å². The van der Waals surface area contributed by atoms with Crippen molar-refractivity contribution in [1.82, 2.24) is 15.1 Å². The minimum absolute atomic E-state index is 0.0631. The van der Waals surface area contributed by atoms with Crippen LogP contribution in [0.1, 0.15) is 16.9 Å². The van der Waals surface area contributed by atoms with E-state index in [9.17, 15) is 9.18 Å². The van der Waals surface area contributed by atoms with E-state index in [1.807, 2.05) is 0 Å². The van der Waals surface area contributed by atoms with Crippen LogP contribution in [-0.4, -0.2) is 40.6 Å². The van der Waals surface area contributed by atoms with Gasteiger partial charge in [-0.1, -0.05) is 0 Å². The highest BCUT2D eigenvalue weighted by atomic mass is 19.1. The zero-order valence-electron chi connectivity index (χ0n) is 11.6. The Balaban J connectivity index is 1.75. The summed E-state index contributed by atoms with van der Waals surface area (Å²) in [6.45, 7) is 2.03. The molecule has 1 saturated heterocycles. The molecule has 1 fully saturated rings. The summed E-state index contributed by atoms with van der Waals surface area (Å²) in [5, 5.41) is 6.89. The average Bonchev–Trinajstić information content (AvgIpc) is 3.16. The lowest BCUT2D eigenvalue weighted by Crippen LogP contribution is -2.30. The molecule has 6 heteroatoms. The number of aromatic nitrogens is 2. The van der Waals surface area contributed by atoms with Crippen LogP contribution in [0.25, 0.3) is 11.3 Å². The Kier molecular flexibility index (Phi) is 3.70. The van der Waals surface area contributed by atoms with E-state index in [1.54, 1.807) is 23.1 Å². The first-order valence-corrected chi connectivity index (χ1v) is 6.98. The molecule has 0 bridgehead atoms. The number of carbonyl (C=O) groups is 1. The van der Waals surface area contributed by atoms with Crippen LogP contribution in [0.2, 0.25) is 0 Å². The molecule has 0 saturated carbocycles. The van der Waals surface area contributed by atoms with E-state index in [0.717, 1.165) is 18.5 Å². The number of nitrogens with two attached hydrogens (primary N) is 1. The van der Waals surface area contributed by atoms with Gasteiger partial charge in [-0.2, -0.15) is 5.10 Å². The van der Waals surface area contributed by atoms with E-state index in [1.165, 1.54) is 12.1 Å². The zero-order chi connectivity index (χ0) is 14.8. The monoisotopic (exact) mass is 288 g/mol. The molecule has 1 aliphatic heterocycles. The Bertz CT molecular complexity index is 637. The highest BCUT2D eigenvalue weighted by Crippen LogP contribution is 2.21. The van der Waals surface area contributed by atoms with E-state index < -0.39 is 0 Å². The molecule has 5 nitrogen and oxygen atoms in total. The first kappa shape index (κ1) is 13.8. The molecule has 3 N–H and O–H groups in total. The summed E-state index contributed by atoms with van der Waals surface area (Å²) < 4.78 is 12.9. The summed E-state index contributed by atoms with van der Waals surface area (Å²) in [4.78, 5) is 14.2. The molecule has 1 amide bonds. The number of carbonyl (C=O) groups excluding carboxylic acids is 1. The maximum Gasteiger partial charge on any atom is 0.271 e. The number of amides is 1. The van der Waals surface area contributed by atoms with E-state index >= 15 is 0 Å². The fourth-order valence-electron chi connectivity index (χ4n) is 2.58. The van der Waals surface area contributed by atoms with Crippen molar-refractivity contribution in [2.45, 2.75) is 6.42 Å². The van der Waals surface area contributed by atoms with Gasteiger partial charge in [0, 0.05) is 18.7 Å². The fourth-order valence-corrected chi connectivity index (χ4v) is 2.58. The molecule has 21 heavy (non-hydrogen) atoms. The van der Waals surface area contributed by atoms with Crippen LogP contribution in [0.5, 0.6) is 0 Å². The molecule has 2 heterocycles. The lowest BCUT2D eigenvalue weighted by atomic mass is 10.1. The number of rotatable bonds is 3. The quantitative estimate of drug-likeness (QED) is 0.901. The van der Waals surface area contributed by atoms with Crippen molar-refractivity contribution in [2.75, 3.05) is 19.6 Å². The first-order valence-electron chi connectivity index (χ1n) is 6.98. The summed E-state index contributed by atoms with van der Waals surface area (Å²) in [5.41, 5.74) is 7.49. The van der Waals surface area contributed by atoms with Crippen LogP contribution in [0, 0.1) is 11.7 Å². The molecule has 1 atom stereocenters. The fraction of sp³-hybridized carbons (Fsp3) is 0.333. The highest BCUT2D eigenvalue weighted by molar-refractivity contribution is 5.93. The predicted molar refractivity (Wildman–Crippen MR) is 77.0 cm³/mol. The second kappa shape index (κ2) is 5.65. The Morgan fingerprint density at radius 2 is 2.19 bits per heavy atom. The van der Waals surface area contributed by atoms with E-state index in [2.05, 4.69) is 10.2 Å². The van der Waals surface area contributed by atoms with Gasteiger partial charge in [-0.3, -0.25) is 9.89 Å². The molecule has 0 radical (unpaired) electrons. The Morgan fingerprint density at radius 3 is 2.86 bits per heavy atom. The molecule has 0 spiro atoms. The minimum atomic E-state index is -0.296. The van der Waals surface area contributed by atoms with Gasteiger partial charge < -0.3 is 10.6 Å². The van der Waals surface area contributed by atoms with Crippen molar-refractivity contribution >= 4 is 5.91 Å². The number of hydrogen-bond donors (Lipinski definition) is 2. The molecule has 3 rings (SSSR count). The maximum atomic E-state index is 12.9. The number of nitrogens with one attached hydrogen (secondary N) is 1. The molecular weight excluding hydrogens is 271 g/mol. The summed E-state index contributed by atoms with van der Waals surface area (Å²) in [7, 11) is 0. The van der Waals surface area contributed by atoms with Crippen LogP contribution in [0.4, 0.5) is 4.39 Å². The SMILES string of the molecule is NCC1CCN(C(=O)c2cc(-c3ccc(F)cc3)n[nH]2)C1. The van der Waals surface area contributed by atoms with Gasteiger partial charge in [0.25, 0.3) is 5.91 Å². The number of hydrogen-bond acceptors (Lipinski definition) is 3.